The lowest BCUT2D eigenvalue weighted by atomic mass is 10.0. The average molecular weight is 362 g/mol. The van der Waals surface area contributed by atoms with Crippen molar-refractivity contribution in [3.8, 4) is 5.88 Å². The number of aliphatic hydroxyl groups excluding tert-OH is 2. The first-order valence-electron chi connectivity index (χ1n) is 8.12. The highest BCUT2D eigenvalue weighted by Gasteiger charge is 2.29. The number of rotatable bonds is 7. The molecule has 0 radical (unpaired) electrons. The van der Waals surface area contributed by atoms with Crippen molar-refractivity contribution in [3.05, 3.63) is 46.1 Å². The summed E-state index contributed by atoms with van der Waals surface area (Å²) in [6.07, 6.45) is 0. The largest absolute Gasteiger partial charge is 0.492 e. The second-order valence-corrected chi connectivity index (χ2v) is 6.95. The molecule has 7 nitrogen and oxygen atoms in total. The lowest BCUT2D eigenvalue weighted by Crippen LogP contribution is -2.34. The van der Waals surface area contributed by atoms with Gasteiger partial charge in [-0.05, 0) is 19.4 Å². The van der Waals surface area contributed by atoms with Crippen LogP contribution in [0.15, 0.2) is 24.3 Å². The van der Waals surface area contributed by atoms with E-state index in [0.717, 1.165) is 11.1 Å². The predicted octanol–water partition coefficient (Wildman–Crippen LogP) is 1.49. The van der Waals surface area contributed by atoms with Crippen LogP contribution in [0.3, 0.4) is 0 Å². The van der Waals surface area contributed by atoms with Crippen molar-refractivity contribution in [1.82, 2.24) is 19.5 Å². The summed E-state index contributed by atoms with van der Waals surface area (Å²) in [5.74, 6) is 0.649. The molecule has 25 heavy (non-hydrogen) atoms. The number of hydrogen-bond donors (Lipinski definition) is 3. The van der Waals surface area contributed by atoms with Crippen molar-refractivity contribution >= 4 is 16.3 Å². The van der Waals surface area contributed by atoms with Crippen LogP contribution in [0.4, 0.5) is 0 Å². The minimum absolute atomic E-state index is 0.0387. The maximum atomic E-state index is 10.7. The molecule has 134 valence electrons. The normalized spacial score (nSPS) is 13.0. The zero-order valence-electron chi connectivity index (χ0n) is 14.3. The molecule has 2 aromatic heterocycles. The summed E-state index contributed by atoms with van der Waals surface area (Å²) in [5, 5.41) is 33.8. The molecule has 8 heteroatoms. The molecular weight excluding hydrogens is 340 g/mol. The fraction of sp³-hybridized carbons (Fsp3) is 0.412. The maximum Gasteiger partial charge on any atom is 0.230 e. The second kappa shape index (κ2) is 7.49. The summed E-state index contributed by atoms with van der Waals surface area (Å²) < 4.78 is 1.44. The highest BCUT2D eigenvalue weighted by Crippen LogP contribution is 2.39. The quantitative estimate of drug-likeness (QED) is 0.590. The molecular formula is C17H22N4O3S. The van der Waals surface area contributed by atoms with Gasteiger partial charge in [-0.15, -0.1) is 5.10 Å². The van der Waals surface area contributed by atoms with Crippen molar-refractivity contribution in [3.63, 3.8) is 0 Å². The van der Waals surface area contributed by atoms with Crippen molar-refractivity contribution in [1.29, 1.82) is 0 Å². The van der Waals surface area contributed by atoms with Crippen molar-refractivity contribution < 1.29 is 15.3 Å². The van der Waals surface area contributed by atoms with Crippen LogP contribution in [0, 0.1) is 13.8 Å². The molecule has 0 saturated carbocycles. The summed E-state index contributed by atoms with van der Waals surface area (Å²) >= 11 is 1.37. The smallest absolute Gasteiger partial charge is 0.230 e. The molecule has 0 amide bonds. The number of aryl methyl sites for hydroxylation is 2. The van der Waals surface area contributed by atoms with E-state index in [0.29, 0.717) is 28.8 Å². The fourth-order valence-corrected chi connectivity index (χ4v) is 4.18. The standard InChI is InChI=1S/C17H22N4O3S/c1-11-4-3-5-13(10-11)14(20(6-8-22)7-9-23)15-16(24)21-17(25-15)18-12(2)19-21/h3-5,10,14,22-24H,6-9H2,1-2H3. The van der Waals surface area contributed by atoms with Gasteiger partial charge in [0, 0.05) is 13.1 Å². The molecule has 2 heterocycles. The number of aromatic nitrogens is 3. The molecule has 1 atom stereocenters. The molecule has 0 aliphatic heterocycles. The Morgan fingerprint density at radius 1 is 1.20 bits per heavy atom. The van der Waals surface area contributed by atoms with Crippen molar-refractivity contribution in [2.75, 3.05) is 26.3 Å². The van der Waals surface area contributed by atoms with Crippen LogP contribution in [0.2, 0.25) is 0 Å². The molecule has 0 spiro atoms. The molecule has 1 unspecified atom stereocenters. The van der Waals surface area contributed by atoms with E-state index < -0.39 is 0 Å². The third-order valence-corrected chi connectivity index (χ3v) is 5.12. The Hall–Kier alpha value is -2.00. The van der Waals surface area contributed by atoms with Crippen LogP contribution >= 0.6 is 11.3 Å². The highest BCUT2D eigenvalue weighted by molar-refractivity contribution is 7.17. The van der Waals surface area contributed by atoms with Crippen LogP contribution in [-0.4, -0.2) is 61.1 Å². The summed E-state index contributed by atoms with van der Waals surface area (Å²) in [7, 11) is 0. The van der Waals surface area contributed by atoms with Gasteiger partial charge in [0.15, 0.2) is 0 Å². The Morgan fingerprint density at radius 2 is 1.92 bits per heavy atom. The van der Waals surface area contributed by atoms with Gasteiger partial charge >= 0.3 is 0 Å². The monoisotopic (exact) mass is 362 g/mol. The summed E-state index contributed by atoms with van der Waals surface area (Å²) in [4.78, 5) is 7.60. The molecule has 3 N–H and O–H groups in total. The fourth-order valence-electron chi connectivity index (χ4n) is 3.02. The Morgan fingerprint density at radius 3 is 2.52 bits per heavy atom. The number of benzene rings is 1. The Balaban J connectivity index is 2.14. The van der Waals surface area contributed by atoms with Crippen LogP contribution in [0.1, 0.15) is 27.9 Å². The van der Waals surface area contributed by atoms with E-state index in [1.54, 1.807) is 6.92 Å². The number of aliphatic hydroxyl groups is 2. The first-order chi connectivity index (χ1) is 12.0. The molecule has 0 aliphatic carbocycles. The van der Waals surface area contributed by atoms with E-state index in [9.17, 15) is 15.3 Å². The van der Waals surface area contributed by atoms with Gasteiger partial charge in [0.2, 0.25) is 10.8 Å². The lowest BCUT2D eigenvalue weighted by Gasteiger charge is -2.30. The van der Waals surface area contributed by atoms with Crippen molar-refractivity contribution in [2.24, 2.45) is 0 Å². The highest BCUT2D eigenvalue weighted by atomic mass is 32.1. The van der Waals surface area contributed by atoms with Gasteiger partial charge < -0.3 is 15.3 Å². The third kappa shape index (κ3) is 3.52. The second-order valence-electron chi connectivity index (χ2n) is 5.94. The topological polar surface area (TPSA) is 94.1 Å². The third-order valence-electron chi connectivity index (χ3n) is 4.05. The zero-order chi connectivity index (χ0) is 18.0. The number of thiazole rings is 1. The van der Waals surface area contributed by atoms with Crippen LogP contribution in [0.5, 0.6) is 5.88 Å². The molecule has 0 aliphatic rings. The van der Waals surface area contributed by atoms with Gasteiger partial charge in [-0.1, -0.05) is 41.2 Å². The molecule has 0 fully saturated rings. The lowest BCUT2D eigenvalue weighted by molar-refractivity contribution is 0.136. The Labute approximate surface area is 149 Å². The van der Waals surface area contributed by atoms with E-state index >= 15 is 0 Å². The summed E-state index contributed by atoms with van der Waals surface area (Å²) in [6, 6.07) is 7.71. The predicted molar refractivity (Wildman–Crippen MR) is 96.0 cm³/mol. The van der Waals surface area contributed by atoms with Gasteiger partial charge in [-0.2, -0.15) is 4.52 Å². The van der Waals surface area contributed by atoms with Crippen LogP contribution < -0.4 is 0 Å². The molecule has 3 aromatic rings. The zero-order valence-corrected chi connectivity index (χ0v) is 15.1. The maximum absolute atomic E-state index is 10.7. The van der Waals surface area contributed by atoms with Crippen LogP contribution in [-0.2, 0) is 0 Å². The molecule has 0 saturated heterocycles. The Bertz CT molecular complexity index is 855. The first kappa shape index (κ1) is 17.8. The number of nitrogens with zero attached hydrogens (tertiary/aromatic N) is 4. The van der Waals surface area contributed by atoms with E-state index in [1.807, 2.05) is 36.1 Å². The van der Waals surface area contributed by atoms with E-state index in [4.69, 9.17) is 0 Å². The number of hydrogen-bond acceptors (Lipinski definition) is 7. The summed E-state index contributed by atoms with van der Waals surface area (Å²) in [5.41, 5.74) is 2.09. The van der Waals surface area contributed by atoms with Gasteiger partial charge in [-0.3, -0.25) is 4.90 Å². The number of fused-ring (bicyclic) bond motifs is 1. The van der Waals surface area contributed by atoms with Crippen LogP contribution in [0.25, 0.3) is 4.96 Å². The minimum atomic E-state index is -0.298. The van der Waals surface area contributed by atoms with E-state index in [1.165, 1.54) is 15.9 Å². The average Bonchev–Trinajstić information content (AvgIpc) is 3.07. The van der Waals surface area contributed by atoms with E-state index in [2.05, 4.69) is 10.1 Å². The minimum Gasteiger partial charge on any atom is -0.492 e. The van der Waals surface area contributed by atoms with Gasteiger partial charge in [0.05, 0.1) is 24.1 Å². The molecule has 0 bridgehead atoms. The Kier molecular flexibility index (Phi) is 5.33. The van der Waals surface area contributed by atoms with Gasteiger partial charge in [0.1, 0.15) is 5.82 Å². The molecule has 1 aromatic carbocycles. The SMILES string of the molecule is Cc1cccc(C(c2sc3nc(C)nn3c2O)N(CCO)CCO)c1. The van der Waals surface area contributed by atoms with E-state index in [-0.39, 0.29) is 25.1 Å². The van der Waals surface area contributed by atoms with Crippen molar-refractivity contribution in [2.45, 2.75) is 19.9 Å². The first-order valence-corrected chi connectivity index (χ1v) is 8.94. The number of aromatic hydroxyl groups is 1. The summed E-state index contributed by atoms with van der Waals surface area (Å²) in [6.45, 7) is 4.47. The molecule has 3 rings (SSSR count). The van der Waals surface area contributed by atoms with Gasteiger partial charge in [0.25, 0.3) is 0 Å². The van der Waals surface area contributed by atoms with Gasteiger partial charge in [-0.25, -0.2) is 4.98 Å².